The first-order chi connectivity index (χ1) is 11.7. The lowest BCUT2D eigenvalue weighted by molar-refractivity contribution is 0.0285. The van der Waals surface area contributed by atoms with Crippen LogP contribution in [0.3, 0.4) is 0 Å². The van der Waals surface area contributed by atoms with E-state index in [9.17, 15) is 4.79 Å². The Hall–Kier alpha value is -2.08. The molecule has 0 saturated carbocycles. The molecule has 0 fully saturated rings. The summed E-state index contributed by atoms with van der Waals surface area (Å²) in [4.78, 5) is 19.2. The molecule has 1 aromatic heterocycles. The highest BCUT2D eigenvalue weighted by molar-refractivity contribution is 7.09. The summed E-state index contributed by atoms with van der Waals surface area (Å²) in [5.74, 6) is 0. The summed E-state index contributed by atoms with van der Waals surface area (Å²) in [6.07, 6.45) is -0.320. The van der Waals surface area contributed by atoms with E-state index in [1.165, 1.54) is 4.88 Å². The molecule has 0 radical (unpaired) electrons. The van der Waals surface area contributed by atoms with E-state index in [1.807, 2.05) is 51.4 Å². The molecule has 25 heavy (non-hydrogen) atoms. The van der Waals surface area contributed by atoms with Crippen molar-refractivity contribution in [3.8, 4) is 0 Å². The van der Waals surface area contributed by atoms with E-state index in [-0.39, 0.29) is 12.1 Å². The van der Waals surface area contributed by atoms with Gasteiger partial charge in [-0.1, -0.05) is 12.1 Å². The normalized spacial score (nSPS) is 12.6. The zero-order valence-electron chi connectivity index (χ0n) is 15.8. The van der Waals surface area contributed by atoms with Gasteiger partial charge in [-0.25, -0.2) is 9.78 Å². The maximum absolute atomic E-state index is 12.1. The molecule has 6 heteroatoms. The van der Waals surface area contributed by atoms with Crippen molar-refractivity contribution in [2.45, 2.75) is 52.8 Å². The molecule has 0 bridgehead atoms. The highest BCUT2D eigenvalue weighted by Crippen LogP contribution is 2.25. The van der Waals surface area contributed by atoms with Crippen LogP contribution in [-0.4, -0.2) is 28.6 Å². The summed E-state index contributed by atoms with van der Waals surface area (Å²) in [6, 6.07) is 8.28. The van der Waals surface area contributed by atoms with Gasteiger partial charge in [-0.05, 0) is 52.3 Å². The minimum atomic E-state index is -0.489. The van der Waals surface area contributed by atoms with Crippen molar-refractivity contribution in [2.24, 2.45) is 0 Å². The number of nitrogens with zero attached hydrogens (tertiary/aromatic N) is 2. The van der Waals surface area contributed by atoms with Crippen molar-refractivity contribution < 1.29 is 9.53 Å². The number of thiazole rings is 1. The van der Waals surface area contributed by atoms with E-state index >= 15 is 0 Å². The highest BCUT2D eigenvalue weighted by Gasteiger charge is 2.19. The molecule has 136 valence electrons. The first-order valence-corrected chi connectivity index (χ1v) is 9.23. The Morgan fingerprint density at radius 1 is 1.40 bits per heavy atom. The second-order valence-corrected chi connectivity index (χ2v) is 8.09. The first-order valence-electron chi connectivity index (χ1n) is 8.35. The van der Waals surface area contributed by atoms with Crippen LogP contribution in [-0.2, 0) is 11.3 Å². The number of amides is 1. The van der Waals surface area contributed by atoms with Crippen LogP contribution in [0, 0.1) is 6.92 Å². The third-order valence-corrected chi connectivity index (χ3v) is 4.72. The van der Waals surface area contributed by atoms with Gasteiger partial charge in [0.2, 0.25) is 0 Å². The van der Waals surface area contributed by atoms with Gasteiger partial charge in [0.15, 0.2) is 0 Å². The summed E-state index contributed by atoms with van der Waals surface area (Å²) in [5, 5.41) is 3.50. The van der Waals surface area contributed by atoms with Crippen molar-refractivity contribution in [3.63, 3.8) is 0 Å². The number of carbonyl (C=O) groups excluding carboxylic acids is 1. The van der Waals surface area contributed by atoms with Gasteiger partial charge in [0, 0.05) is 24.2 Å². The molecule has 1 unspecified atom stereocenters. The van der Waals surface area contributed by atoms with Gasteiger partial charge in [0.25, 0.3) is 0 Å². The van der Waals surface area contributed by atoms with Crippen LogP contribution < -0.4 is 5.32 Å². The van der Waals surface area contributed by atoms with Crippen LogP contribution in [0.15, 0.2) is 29.8 Å². The predicted octanol–water partition coefficient (Wildman–Crippen LogP) is 4.99. The second kappa shape index (κ2) is 7.87. The average Bonchev–Trinajstić information content (AvgIpc) is 2.92. The maximum Gasteiger partial charge on any atom is 0.410 e. The smallest absolute Gasteiger partial charge is 0.410 e. The quantitative estimate of drug-likeness (QED) is 0.815. The fourth-order valence-electron chi connectivity index (χ4n) is 2.48. The van der Waals surface area contributed by atoms with Gasteiger partial charge in [-0.2, -0.15) is 0 Å². The number of ether oxygens (including phenoxy) is 1. The van der Waals surface area contributed by atoms with Gasteiger partial charge in [0.1, 0.15) is 5.60 Å². The molecule has 0 aliphatic carbocycles. The predicted molar refractivity (Wildman–Crippen MR) is 103 cm³/mol. The highest BCUT2D eigenvalue weighted by atomic mass is 32.1. The number of hydrogen-bond acceptors (Lipinski definition) is 5. The first kappa shape index (κ1) is 19.2. The van der Waals surface area contributed by atoms with Gasteiger partial charge < -0.3 is 15.0 Å². The third-order valence-electron chi connectivity index (χ3n) is 3.61. The van der Waals surface area contributed by atoms with E-state index < -0.39 is 5.60 Å². The van der Waals surface area contributed by atoms with Gasteiger partial charge in [-0.3, -0.25) is 0 Å². The van der Waals surface area contributed by atoms with Crippen LogP contribution in [0.25, 0.3) is 0 Å². The van der Waals surface area contributed by atoms with Crippen LogP contribution >= 0.6 is 11.3 Å². The Kier molecular flexibility index (Phi) is 6.06. The molecule has 1 aromatic carbocycles. The number of nitrogens with one attached hydrogen (secondary N) is 1. The minimum absolute atomic E-state index is 0.186. The largest absolute Gasteiger partial charge is 0.444 e. The van der Waals surface area contributed by atoms with Crippen LogP contribution in [0.5, 0.6) is 0 Å². The SMILES string of the molecule is Cc1ncsc1C(C)Nc1cccc(CN(C)C(=O)OC(C)(C)C)c1. The third kappa shape index (κ3) is 5.74. The standard InChI is InChI=1S/C19H27N3O2S/c1-13-17(25-12-20-13)14(2)21-16-9-7-8-15(10-16)11-22(6)18(23)24-19(3,4)5/h7-10,12,14,21H,11H2,1-6H3. The summed E-state index contributed by atoms with van der Waals surface area (Å²) in [7, 11) is 1.75. The van der Waals surface area contributed by atoms with E-state index in [4.69, 9.17) is 4.74 Å². The van der Waals surface area contributed by atoms with E-state index in [0.717, 1.165) is 16.9 Å². The van der Waals surface area contributed by atoms with E-state index in [2.05, 4.69) is 23.3 Å². The summed E-state index contributed by atoms with van der Waals surface area (Å²) in [6.45, 7) is 10.2. The summed E-state index contributed by atoms with van der Waals surface area (Å²) >= 11 is 1.66. The van der Waals surface area contributed by atoms with E-state index in [1.54, 1.807) is 23.3 Å². The fourth-order valence-corrected chi connectivity index (χ4v) is 3.29. The second-order valence-electron chi connectivity index (χ2n) is 7.20. The topological polar surface area (TPSA) is 54.5 Å². The van der Waals surface area contributed by atoms with Crippen molar-refractivity contribution in [2.75, 3.05) is 12.4 Å². The Morgan fingerprint density at radius 3 is 2.72 bits per heavy atom. The fraction of sp³-hybridized carbons (Fsp3) is 0.474. The monoisotopic (exact) mass is 361 g/mol. The minimum Gasteiger partial charge on any atom is -0.444 e. The molecular formula is C19H27N3O2S. The van der Waals surface area contributed by atoms with Crippen molar-refractivity contribution in [3.05, 3.63) is 45.9 Å². The molecule has 2 rings (SSSR count). The molecule has 0 aliphatic rings. The van der Waals surface area contributed by atoms with Gasteiger partial charge in [0.05, 0.1) is 17.2 Å². The number of carbonyl (C=O) groups is 1. The van der Waals surface area contributed by atoms with Gasteiger partial charge in [-0.15, -0.1) is 11.3 Å². The van der Waals surface area contributed by atoms with Crippen molar-refractivity contribution >= 4 is 23.1 Å². The lowest BCUT2D eigenvalue weighted by Gasteiger charge is -2.25. The van der Waals surface area contributed by atoms with Crippen LogP contribution in [0.1, 0.15) is 49.9 Å². The molecule has 2 aromatic rings. The van der Waals surface area contributed by atoms with Gasteiger partial charge >= 0.3 is 6.09 Å². The molecule has 1 N–H and O–H groups in total. The number of aromatic nitrogens is 1. The Labute approximate surface area is 154 Å². The van der Waals surface area contributed by atoms with E-state index in [0.29, 0.717) is 6.54 Å². The number of rotatable bonds is 5. The Morgan fingerprint density at radius 2 is 2.12 bits per heavy atom. The summed E-state index contributed by atoms with van der Waals surface area (Å²) in [5.41, 5.74) is 4.51. The number of aryl methyl sites for hydroxylation is 1. The Bertz CT molecular complexity index is 721. The lowest BCUT2D eigenvalue weighted by Crippen LogP contribution is -2.33. The average molecular weight is 362 g/mol. The molecule has 1 amide bonds. The van der Waals surface area contributed by atoms with Crippen molar-refractivity contribution in [1.29, 1.82) is 0 Å². The van der Waals surface area contributed by atoms with Crippen LogP contribution in [0.4, 0.5) is 10.5 Å². The number of anilines is 1. The molecule has 0 aliphatic heterocycles. The molecule has 0 saturated heterocycles. The van der Waals surface area contributed by atoms with Crippen molar-refractivity contribution in [1.82, 2.24) is 9.88 Å². The molecule has 1 atom stereocenters. The zero-order chi connectivity index (χ0) is 18.6. The summed E-state index contributed by atoms with van der Waals surface area (Å²) < 4.78 is 5.39. The maximum atomic E-state index is 12.1. The van der Waals surface area contributed by atoms with Crippen LogP contribution in [0.2, 0.25) is 0 Å². The molecular weight excluding hydrogens is 334 g/mol. The molecule has 5 nitrogen and oxygen atoms in total. The number of hydrogen-bond donors (Lipinski definition) is 1. The number of benzene rings is 1. The molecule has 1 heterocycles. The Balaban J connectivity index is 2.01. The molecule has 0 spiro atoms. The zero-order valence-corrected chi connectivity index (χ0v) is 16.6. The lowest BCUT2D eigenvalue weighted by atomic mass is 10.1.